The third-order valence-corrected chi connectivity index (χ3v) is 7.74. The van der Waals surface area contributed by atoms with Crippen molar-refractivity contribution in [1.29, 1.82) is 0 Å². The van der Waals surface area contributed by atoms with Gasteiger partial charge in [-0.2, -0.15) is 4.98 Å². The summed E-state index contributed by atoms with van der Waals surface area (Å²) < 4.78 is 10.8. The number of anilines is 3. The van der Waals surface area contributed by atoms with Gasteiger partial charge in [-0.1, -0.05) is 31.0 Å². The fourth-order valence-electron chi connectivity index (χ4n) is 5.10. The Morgan fingerprint density at radius 2 is 1.95 bits per heavy atom. The molecule has 1 aliphatic heterocycles. The summed E-state index contributed by atoms with van der Waals surface area (Å²) in [5.74, 6) is 2.25. The first-order valence-corrected chi connectivity index (χ1v) is 13.4. The monoisotopic (exact) mass is 540 g/mol. The van der Waals surface area contributed by atoms with Gasteiger partial charge in [0.05, 0.1) is 26.5 Å². The fourth-order valence-corrected chi connectivity index (χ4v) is 5.39. The SMILES string of the molecule is C=CC(=O)NC1CCCCC1Nc1ncc2c(n1)N(CC1CC1)C(=O)N(c1cc(OC)cc(OC)c1Cl)C2. The Morgan fingerprint density at radius 3 is 2.63 bits per heavy atom. The second kappa shape index (κ2) is 11.1. The van der Waals surface area contributed by atoms with Gasteiger partial charge in [0.15, 0.2) is 0 Å². The number of carbonyl (C=O) groups is 2. The third kappa shape index (κ3) is 5.36. The molecule has 202 valence electrons. The van der Waals surface area contributed by atoms with Gasteiger partial charge in [0.25, 0.3) is 0 Å². The number of nitrogens with one attached hydrogen (secondary N) is 2. The molecule has 2 unspecified atom stereocenters. The summed E-state index contributed by atoms with van der Waals surface area (Å²) in [7, 11) is 3.08. The van der Waals surface area contributed by atoms with E-state index in [4.69, 9.17) is 26.1 Å². The third-order valence-electron chi connectivity index (χ3n) is 7.36. The molecule has 5 rings (SSSR count). The lowest BCUT2D eigenvalue weighted by Gasteiger charge is -2.37. The largest absolute Gasteiger partial charge is 0.497 e. The van der Waals surface area contributed by atoms with Crippen LogP contribution in [0.4, 0.5) is 22.2 Å². The van der Waals surface area contributed by atoms with Crippen molar-refractivity contribution < 1.29 is 19.1 Å². The van der Waals surface area contributed by atoms with Crippen molar-refractivity contribution in [1.82, 2.24) is 15.3 Å². The number of methoxy groups -OCH3 is 2. The van der Waals surface area contributed by atoms with Crippen LogP contribution in [0.2, 0.25) is 5.02 Å². The van der Waals surface area contributed by atoms with Crippen molar-refractivity contribution >= 4 is 41.0 Å². The molecule has 2 fully saturated rings. The first-order valence-electron chi connectivity index (χ1n) is 13.0. The van der Waals surface area contributed by atoms with Crippen molar-refractivity contribution in [2.24, 2.45) is 5.92 Å². The molecule has 10 nitrogen and oxygen atoms in total. The van der Waals surface area contributed by atoms with Crippen LogP contribution >= 0.6 is 11.6 Å². The molecule has 1 aromatic carbocycles. The van der Waals surface area contributed by atoms with E-state index in [1.807, 2.05) is 0 Å². The zero-order chi connectivity index (χ0) is 26.8. The van der Waals surface area contributed by atoms with Crippen molar-refractivity contribution in [3.05, 3.63) is 41.6 Å². The Kier molecular flexibility index (Phi) is 7.60. The molecule has 2 saturated carbocycles. The van der Waals surface area contributed by atoms with Crippen LogP contribution in [0.15, 0.2) is 31.0 Å². The summed E-state index contributed by atoms with van der Waals surface area (Å²) in [4.78, 5) is 38.6. The number of benzene rings is 1. The summed E-state index contributed by atoms with van der Waals surface area (Å²) >= 11 is 6.65. The summed E-state index contributed by atoms with van der Waals surface area (Å²) in [6.45, 7) is 4.38. The highest BCUT2D eigenvalue weighted by Gasteiger charge is 2.38. The number of halogens is 1. The number of rotatable bonds is 9. The molecule has 0 spiro atoms. The molecule has 3 aliphatic rings. The van der Waals surface area contributed by atoms with Crippen LogP contribution in [0.25, 0.3) is 0 Å². The maximum Gasteiger partial charge on any atom is 0.330 e. The van der Waals surface area contributed by atoms with E-state index in [-0.39, 0.29) is 30.6 Å². The average molecular weight is 541 g/mol. The van der Waals surface area contributed by atoms with Gasteiger partial charge in [-0.15, -0.1) is 0 Å². The van der Waals surface area contributed by atoms with E-state index in [0.29, 0.717) is 46.4 Å². The number of nitrogens with zero attached hydrogens (tertiary/aromatic N) is 4. The van der Waals surface area contributed by atoms with E-state index < -0.39 is 0 Å². The van der Waals surface area contributed by atoms with Gasteiger partial charge in [0.1, 0.15) is 22.3 Å². The number of amides is 3. The molecule has 0 saturated heterocycles. The Labute approximate surface area is 227 Å². The summed E-state index contributed by atoms with van der Waals surface area (Å²) in [6, 6.07) is 3.16. The molecule has 11 heteroatoms. The minimum Gasteiger partial charge on any atom is -0.497 e. The number of carbonyl (C=O) groups excluding carboxylic acids is 2. The number of fused-ring (bicyclic) bond motifs is 1. The predicted molar refractivity (Wildman–Crippen MR) is 146 cm³/mol. The van der Waals surface area contributed by atoms with Gasteiger partial charge in [0, 0.05) is 42.5 Å². The topological polar surface area (TPSA) is 109 Å². The number of ether oxygens (including phenoxy) is 2. The van der Waals surface area contributed by atoms with Gasteiger partial charge in [0.2, 0.25) is 11.9 Å². The van der Waals surface area contributed by atoms with Crippen molar-refractivity contribution in [3.63, 3.8) is 0 Å². The second-order valence-electron chi connectivity index (χ2n) is 9.98. The van der Waals surface area contributed by atoms with Crippen LogP contribution < -0.4 is 29.9 Å². The molecular weight excluding hydrogens is 508 g/mol. The molecular formula is C27H33ClN6O4. The Hall–Kier alpha value is -3.53. The van der Waals surface area contributed by atoms with E-state index in [1.54, 1.807) is 35.2 Å². The van der Waals surface area contributed by atoms with E-state index in [9.17, 15) is 9.59 Å². The molecule has 2 heterocycles. The molecule has 2 atom stereocenters. The number of aromatic nitrogens is 2. The normalized spacial score (nSPS) is 21.0. The van der Waals surface area contributed by atoms with Crippen LogP contribution in [-0.4, -0.2) is 54.8 Å². The van der Waals surface area contributed by atoms with Gasteiger partial charge >= 0.3 is 6.03 Å². The van der Waals surface area contributed by atoms with E-state index in [2.05, 4.69) is 22.2 Å². The van der Waals surface area contributed by atoms with Crippen molar-refractivity contribution in [2.75, 3.05) is 35.9 Å². The quantitative estimate of drug-likeness (QED) is 0.450. The first kappa shape index (κ1) is 26.1. The molecule has 38 heavy (non-hydrogen) atoms. The lowest BCUT2D eigenvalue weighted by Crippen LogP contribution is -2.49. The highest BCUT2D eigenvalue weighted by Crippen LogP contribution is 2.42. The second-order valence-corrected chi connectivity index (χ2v) is 10.4. The van der Waals surface area contributed by atoms with Crippen LogP contribution in [0, 0.1) is 5.92 Å². The zero-order valence-corrected chi connectivity index (χ0v) is 22.5. The summed E-state index contributed by atoms with van der Waals surface area (Å²) in [5, 5.41) is 6.77. The maximum atomic E-state index is 13.9. The lowest BCUT2D eigenvalue weighted by molar-refractivity contribution is -0.117. The summed E-state index contributed by atoms with van der Waals surface area (Å²) in [5.41, 5.74) is 1.32. The molecule has 2 aromatic rings. The van der Waals surface area contributed by atoms with Crippen LogP contribution in [0.5, 0.6) is 11.5 Å². The molecule has 2 aliphatic carbocycles. The Morgan fingerprint density at radius 1 is 1.18 bits per heavy atom. The molecule has 2 N–H and O–H groups in total. The van der Waals surface area contributed by atoms with Gasteiger partial charge in [-0.05, 0) is 37.7 Å². The molecule has 0 bridgehead atoms. The van der Waals surface area contributed by atoms with E-state index in [1.165, 1.54) is 13.2 Å². The average Bonchev–Trinajstić information content (AvgIpc) is 3.76. The predicted octanol–water partition coefficient (Wildman–Crippen LogP) is 4.53. The van der Waals surface area contributed by atoms with Gasteiger partial charge in [-0.25, -0.2) is 9.78 Å². The van der Waals surface area contributed by atoms with E-state index >= 15 is 0 Å². The summed E-state index contributed by atoms with van der Waals surface area (Å²) in [6.07, 6.45) is 9.06. The maximum absolute atomic E-state index is 13.9. The Balaban J connectivity index is 1.45. The van der Waals surface area contributed by atoms with E-state index in [0.717, 1.165) is 44.1 Å². The lowest BCUT2D eigenvalue weighted by atomic mass is 9.90. The van der Waals surface area contributed by atoms with Crippen LogP contribution in [-0.2, 0) is 11.3 Å². The molecule has 1 aromatic heterocycles. The highest BCUT2D eigenvalue weighted by atomic mass is 35.5. The van der Waals surface area contributed by atoms with Crippen LogP contribution in [0.1, 0.15) is 44.1 Å². The van der Waals surface area contributed by atoms with Crippen molar-refractivity contribution in [3.8, 4) is 11.5 Å². The fraction of sp³-hybridized carbons (Fsp3) is 0.481. The van der Waals surface area contributed by atoms with Gasteiger partial charge in [-0.3, -0.25) is 14.6 Å². The minimum atomic E-state index is -0.208. The highest BCUT2D eigenvalue weighted by molar-refractivity contribution is 6.35. The number of hydrogen-bond donors (Lipinski definition) is 2. The number of hydrogen-bond acceptors (Lipinski definition) is 7. The minimum absolute atomic E-state index is 0.0126. The van der Waals surface area contributed by atoms with Crippen LogP contribution in [0.3, 0.4) is 0 Å². The molecule has 3 amide bonds. The number of urea groups is 1. The van der Waals surface area contributed by atoms with Crippen molar-refractivity contribution in [2.45, 2.75) is 57.2 Å². The Bertz CT molecular complexity index is 1240. The zero-order valence-electron chi connectivity index (χ0n) is 21.7. The standard InChI is InChI=1S/C27H33ClN6O4/c1-4-23(35)30-19-7-5-6-8-20(19)31-26-29-13-17-15-33(21-11-18(37-2)12-22(38-3)24(21)28)27(36)34(25(17)32-26)14-16-9-10-16/h4,11-13,16,19-20H,1,5-10,14-15H2,2-3H3,(H,30,35)(H,29,31,32). The van der Waals surface area contributed by atoms with Gasteiger partial charge < -0.3 is 20.1 Å². The molecule has 0 radical (unpaired) electrons. The smallest absolute Gasteiger partial charge is 0.330 e. The first-order chi connectivity index (χ1) is 18.4.